The minimum atomic E-state index is -0.544. The van der Waals surface area contributed by atoms with Gasteiger partial charge >= 0.3 is 11.9 Å². The SMILES string of the molecule is CCCCCCCCOc1ccc(C(=O)Oc2ccc(C=NC[C@@H](C)N=Cc3ccc(OC(=O)c4ccc(OCCCCCCCC)cc4)cc3O)c(O)c2)cc1. The summed E-state index contributed by atoms with van der Waals surface area (Å²) in [6.45, 7) is 7.87. The predicted molar refractivity (Wildman–Crippen MR) is 226 cm³/mol. The van der Waals surface area contributed by atoms with Crippen LogP contribution in [-0.4, -0.2) is 60.4 Å². The highest BCUT2D eigenvalue weighted by molar-refractivity contribution is 5.92. The van der Waals surface area contributed by atoms with Gasteiger partial charge in [0.2, 0.25) is 0 Å². The van der Waals surface area contributed by atoms with Crippen LogP contribution in [0.2, 0.25) is 0 Å². The van der Waals surface area contributed by atoms with E-state index in [1.807, 2.05) is 6.92 Å². The molecule has 0 unspecified atom stereocenters. The summed E-state index contributed by atoms with van der Waals surface area (Å²) in [6.07, 6.45) is 17.3. The molecule has 0 radical (unpaired) electrons. The van der Waals surface area contributed by atoms with Gasteiger partial charge in [0.15, 0.2) is 0 Å². The second kappa shape index (κ2) is 24.8. The molecule has 0 saturated heterocycles. The second-order valence-corrected chi connectivity index (χ2v) is 14.1. The lowest BCUT2D eigenvalue weighted by Gasteiger charge is -2.09. The fraction of sp³-hybridized carbons (Fsp3) is 0.404. The van der Waals surface area contributed by atoms with E-state index in [4.69, 9.17) is 18.9 Å². The number of aliphatic imine (C=N–C) groups is 2. The van der Waals surface area contributed by atoms with E-state index in [2.05, 4.69) is 23.8 Å². The van der Waals surface area contributed by atoms with E-state index in [1.165, 1.54) is 75.9 Å². The number of nitrogens with zero attached hydrogens (tertiary/aromatic N) is 2. The summed E-state index contributed by atoms with van der Waals surface area (Å²) in [7, 11) is 0. The molecule has 0 amide bonds. The van der Waals surface area contributed by atoms with Crippen LogP contribution >= 0.6 is 0 Å². The maximum absolute atomic E-state index is 12.7. The van der Waals surface area contributed by atoms with Gasteiger partial charge in [-0.15, -0.1) is 0 Å². The van der Waals surface area contributed by atoms with Crippen LogP contribution in [0.3, 0.4) is 0 Å². The van der Waals surface area contributed by atoms with E-state index in [1.54, 1.807) is 72.8 Å². The van der Waals surface area contributed by atoms with Gasteiger partial charge in [0.25, 0.3) is 0 Å². The molecule has 0 aliphatic rings. The van der Waals surface area contributed by atoms with E-state index >= 15 is 0 Å². The third-order valence-electron chi connectivity index (χ3n) is 9.21. The summed E-state index contributed by atoms with van der Waals surface area (Å²) in [4.78, 5) is 34.3. The van der Waals surface area contributed by atoms with Crippen LogP contribution in [-0.2, 0) is 0 Å². The third kappa shape index (κ3) is 16.2. The first-order valence-electron chi connectivity index (χ1n) is 20.3. The first kappa shape index (κ1) is 44.1. The third-order valence-corrected chi connectivity index (χ3v) is 9.21. The Morgan fingerprint density at radius 3 is 1.40 bits per heavy atom. The zero-order valence-corrected chi connectivity index (χ0v) is 33.7. The number of aromatic hydroxyl groups is 2. The first-order valence-corrected chi connectivity index (χ1v) is 20.3. The summed E-state index contributed by atoms with van der Waals surface area (Å²) >= 11 is 0. The molecule has 304 valence electrons. The van der Waals surface area contributed by atoms with Crippen molar-refractivity contribution in [1.82, 2.24) is 0 Å². The van der Waals surface area contributed by atoms with E-state index in [-0.39, 0.29) is 29.0 Å². The number of esters is 2. The zero-order valence-electron chi connectivity index (χ0n) is 33.7. The minimum Gasteiger partial charge on any atom is -0.507 e. The summed E-state index contributed by atoms with van der Waals surface area (Å²) in [5, 5.41) is 21.1. The fourth-order valence-corrected chi connectivity index (χ4v) is 5.80. The van der Waals surface area contributed by atoms with E-state index in [9.17, 15) is 19.8 Å². The molecule has 0 fully saturated rings. The molecule has 0 spiro atoms. The molecule has 10 heteroatoms. The lowest BCUT2D eigenvalue weighted by molar-refractivity contribution is 0.0724. The molecule has 57 heavy (non-hydrogen) atoms. The Hall–Kier alpha value is -5.64. The quantitative estimate of drug-likeness (QED) is 0.0294. The molecular weight excluding hydrogens is 721 g/mol. The Labute approximate surface area is 337 Å². The Kier molecular flexibility index (Phi) is 19.2. The molecule has 0 saturated carbocycles. The lowest BCUT2D eigenvalue weighted by atomic mass is 10.1. The van der Waals surface area contributed by atoms with Crippen LogP contribution in [0.25, 0.3) is 0 Å². The monoisotopic (exact) mass is 778 g/mol. The number of phenols is 2. The van der Waals surface area contributed by atoms with Gasteiger partial charge in [-0.05, 0) is 92.6 Å². The topological polar surface area (TPSA) is 136 Å². The highest BCUT2D eigenvalue weighted by Gasteiger charge is 2.13. The largest absolute Gasteiger partial charge is 0.507 e. The van der Waals surface area contributed by atoms with Crippen molar-refractivity contribution in [2.75, 3.05) is 19.8 Å². The Bertz CT molecular complexity index is 1870. The lowest BCUT2D eigenvalue weighted by Crippen LogP contribution is -2.08. The number of hydrogen-bond acceptors (Lipinski definition) is 10. The number of carbonyl (C=O) groups excluding carboxylic acids is 2. The summed E-state index contributed by atoms with van der Waals surface area (Å²) in [5.74, 6) is 0.549. The second-order valence-electron chi connectivity index (χ2n) is 14.1. The number of hydrogen-bond donors (Lipinski definition) is 2. The Morgan fingerprint density at radius 1 is 0.561 bits per heavy atom. The molecule has 0 aliphatic heterocycles. The molecule has 2 N–H and O–H groups in total. The number of carbonyl (C=O) groups is 2. The smallest absolute Gasteiger partial charge is 0.343 e. The van der Waals surface area contributed by atoms with Crippen LogP contribution < -0.4 is 18.9 Å². The van der Waals surface area contributed by atoms with Crippen molar-refractivity contribution in [2.24, 2.45) is 9.98 Å². The van der Waals surface area contributed by atoms with Gasteiger partial charge in [-0.2, -0.15) is 0 Å². The number of benzene rings is 4. The van der Waals surface area contributed by atoms with Gasteiger partial charge in [-0.3, -0.25) is 9.98 Å². The zero-order chi connectivity index (χ0) is 40.7. The molecular formula is C47H58N2O8. The molecule has 10 nitrogen and oxygen atoms in total. The maximum atomic E-state index is 12.7. The number of rotatable bonds is 25. The Balaban J connectivity index is 1.17. The van der Waals surface area contributed by atoms with E-state index in [0.29, 0.717) is 53.5 Å². The fourth-order valence-electron chi connectivity index (χ4n) is 5.80. The molecule has 4 aromatic rings. The van der Waals surface area contributed by atoms with Crippen LogP contribution in [0.4, 0.5) is 0 Å². The normalized spacial score (nSPS) is 11.8. The molecule has 4 aromatic carbocycles. The van der Waals surface area contributed by atoms with Crippen molar-refractivity contribution in [3.63, 3.8) is 0 Å². The maximum Gasteiger partial charge on any atom is 0.343 e. The van der Waals surface area contributed by atoms with Crippen molar-refractivity contribution in [1.29, 1.82) is 0 Å². The highest BCUT2D eigenvalue weighted by atomic mass is 16.5. The van der Waals surface area contributed by atoms with Gasteiger partial charge in [0.05, 0.1) is 36.9 Å². The van der Waals surface area contributed by atoms with Gasteiger partial charge in [0, 0.05) is 35.7 Å². The predicted octanol–water partition coefficient (Wildman–Crippen LogP) is 10.9. The van der Waals surface area contributed by atoms with E-state index < -0.39 is 11.9 Å². The summed E-state index contributed by atoms with van der Waals surface area (Å²) in [6, 6.07) is 22.5. The van der Waals surface area contributed by atoms with Gasteiger partial charge in [0.1, 0.15) is 34.5 Å². The summed E-state index contributed by atoms with van der Waals surface area (Å²) < 4.78 is 22.5. The van der Waals surface area contributed by atoms with Gasteiger partial charge in [-0.25, -0.2) is 9.59 Å². The molecule has 0 bridgehead atoms. The summed E-state index contributed by atoms with van der Waals surface area (Å²) in [5.41, 5.74) is 1.65. The Morgan fingerprint density at radius 2 is 0.965 bits per heavy atom. The molecule has 0 aliphatic carbocycles. The van der Waals surface area contributed by atoms with E-state index in [0.717, 1.165) is 25.7 Å². The van der Waals surface area contributed by atoms with Crippen molar-refractivity contribution in [2.45, 2.75) is 104 Å². The van der Waals surface area contributed by atoms with Crippen LogP contribution in [0.15, 0.2) is 94.9 Å². The van der Waals surface area contributed by atoms with Crippen molar-refractivity contribution in [3.8, 4) is 34.5 Å². The number of phenolic OH excluding ortho intramolecular Hbond substituents is 2. The average Bonchev–Trinajstić information content (AvgIpc) is 3.21. The minimum absolute atomic E-state index is 0.0887. The number of unbranched alkanes of at least 4 members (excludes halogenated alkanes) is 10. The van der Waals surface area contributed by atoms with Crippen LogP contribution in [0.5, 0.6) is 34.5 Å². The van der Waals surface area contributed by atoms with Gasteiger partial charge < -0.3 is 29.2 Å². The molecule has 0 heterocycles. The average molecular weight is 779 g/mol. The van der Waals surface area contributed by atoms with Crippen LogP contribution in [0, 0.1) is 0 Å². The van der Waals surface area contributed by atoms with Crippen molar-refractivity contribution in [3.05, 3.63) is 107 Å². The standard InChI is InChI=1S/C47H58N2O8/c1-4-6-8-10-12-14-28-54-40-22-16-36(17-23-40)46(52)56-42-26-20-38(44(50)30-42)33-48-32-35(3)49-34-39-21-27-43(31-45(39)51)57-47(53)37-18-24-41(25-19-37)55-29-15-13-11-9-7-5-2/h16-27,30-31,33-35,50-51H,4-15,28-29,32H2,1-3H3/t35-/m1/s1. The molecule has 4 rings (SSSR count). The van der Waals surface area contributed by atoms with Gasteiger partial charge in [-0.1, -0.05) is 78.1 Å². The molecule has 0 aromatic heterocycles. The number of ether oxygens (including phenoxy) is 4. The van der Waals surface area contributed by atoms with Crippen molar-refractivity contribution < 1.29 is 38.7 Å². The van der Waals surface area contributed by atoms with Crippen molar-refractivity contribution >= 4 is 24.4 Å². The first-order chi connectivity index (χ1) is 27.7. The highest BCUT2D eigenvalue weighted by Crippen LogP contribution is 2.25. The molecule has 1 atom stereocenters. The van der Waals surface area contributed by atoms with Crippen LogP contribution in [0.1, 0.15) is 130 Å².